The number of hydrogen-bond acceptors (Lipinski definition) is 2. The van der Waals surface area contributed by atoms with Crippen LogP contribution in [0.15, 0.2) is 12.2 Å². The van der Waals surface area contributed by atoms with E-state index in [0.717, 1.165) is 44.9 Å². The van der Waals surface area contributed by atoms with Crippen LogP contribution in [0.5, 0.6) is 0 Å². The molecule has 1 rings (SSSR count). The minimum atomic E-state index is -0.722. The summed E-state index contributed by atoms with van der Waals surface area (Å²) in [4.78, 5) is 23.1. The van der Waals surface area contributed by atoms with Crippen molar-refractivity contribution in [2.24, 2.45) is 17.3 Å². The molecule has 3 nitrogen and oxygen atoms in total. The molecule has 0 heterocycles. The number of carbonyl (C=O) groups is 2. The maximum Gasteiger partial charge on any atom is 0.303 e. The molecule has 1 saturated carbocycles. The van der Waals surface area contributed by atoms with Crippen LogP contribution in [0.3, 0.4) is 0 Å². The van der Waals surface area contributed by atoms with Crippen LogP contribution in [-0.2, 0) is 9.59 Å². The van der Waals surface area contributed by atoms with Crippen LogP contribution in [0.1, 0.15) is 97.8 Å². The number of hydrogen-bond donors (Lipinski definition) is 1. The van der Waals surface area contributed by atoms with E-state index in [1.807, 2.05) is 13.8 Å². The number of carboxylic acid groups (broad SMARTS) is 1. The van der Waals surface area contributed by atoms with Gasteiger partial charge in [-0.3, -0.25) is 9.59 Å². The van der Waals surface area contributed by atoms with E-state index in [9.17, 15) is 9.59 Å². The number of carbonyl (C=O) groups excluding carboxylic acids is 1. The summed E-state index contributed by atoms with van der Waals surface area (Å²) in [5, 5.41) is 8.95. The molecule has 0 aromatic carbocycles. The smallest absolute Gasteiger partial charge is 0.303 e. The summed E-state index contributed by atoms with van der Waals surface area (Å²) in [5.74, 6) is 0.353. The third kappa shape index (κ3) is 9.23. The zero-order valence-electron chi connectivity index (χ0n) is 16.6. The Labute approximate surface area is 154 Å². The quantitative estimate of drug-likeness (QED) is 0.319. The Hall–Kier alpha value is -1.12. The van der Waals surface area contributed by atoms with Gasteiger partial charge in [0, 0.05) is 12.3 Å². The first-order valence-corrected chi connectivity index (χ1v) is 10.3. The van der Waals surface area contributed by atoms with E-state index in [2.05, 4.69) is 19.1 Å². The Kier molecular flexibility index (Phi) is 10.1. The van der Waals surface area contributed by atoms with Crippen LogP contribution in [0.25, 0.3) is 0 Å². The molecule has 0 saturated heterocycles. The summed E-state index contributed by atoms with van der Waals surface area (Å²) in [6, 6.07) is 0. The number of aliphatic carboxylic acids is 1. The maximum atomic E-state index is 12.2. The van der Waals surface area contributed by atoms with Gasteiger partial charge in [-0.2, -0.15) is 0 Å². The molecule has 0 amide bonds. The molecule has 1 fully saturated rings. The summed E-state index contributed by atoms with van der Waals surface area (Å²) in [5.41, 5.74) is -0.149. The van der Waals surface area contributed by atoms with Gasteiger partial charge < -0.3 is 5.11 Å². The highest BCUT2D eigenvalue weighted by Gasteiger charge is 2.32. The maximum absolute atomic E-state index is 12.2. The number of rotatable bonds is 13. The fraction of sp³-hybridized carbons (Fsp3) is 0.818. The highest BCUT2D eigenvalue weighted by molar-refractivity contribution is 5.83. The van der Waals surface area contributed by atoms with Crippen LogP contribution in [0.2, 0.25) is 0 Å². The predicted molar refractivity (Wildman–Crippen MR) is 104 cm³/mol. The van der Waals surface area contributed by atoms with E-state index < -0.39 is 5.97 Å². The standard InChI is InChI=1S/C22H38O3/c1-4-5-6-7-8-9-12-18-14-15-20(23)19(18)13-10-11-16-22(2,3)17-21(24)25/h9,12,18-19H,4-8,10-11,13-17H2,1-3H3,(H,24,25)/t18-,19+/m0/s1. The van der Waals surface area contributed by atoms with Crippen molar-refractivity contribution >= 4 is 11.8 Å². The second kappa shape index (κ2) is 11.5. The highest BCUT2D eigenvalue weighted by Crippen LogP contribution is 2.35. The fourth-order valence-corrected chi connectivity index (χ4v) is 3.97. The van der Waals surface area contributed by atoms with Crippen LogP contribution < -0.4 is 0 Å². The van der Waals surface area contributed by atoms with Crippen molar-refractivity contribution in [2.45, 2.75) is 97.8 Å². The number of carboxylic acids is 1. The summed E-state index contributed by atoms with van der Waals surface area (Å²) in [7, 11) is 0. The molecule has 0 unspecified atom stereocenters. The normalized spacial score (nSPS) is 21.3. The molecular formula is C22H38O3. The van der Waals surface area contributed by atoms with Gasteiger partial charge in [-0.25, -0.2) is 0 Å². The third-order valence-corrected chi connectivity index (χ3v) is 5.51. The SMILES string of the molecule is CCCCCCC=C[C@H]1CCC(=O)[C@@H]1CCCCC(C)(C)CC(=O)O. The van der Waals surface area contributed by atoms with Gasteiger partial charge in [0.15, 0.2) is 0 Å². The molecule has 0 bridgehead atoms. The van der Waals surface area contributed by atoms with Gasteiger partial charge in [-0.1, -0.05) is 65.0 Å². The lowest BCUT2D eigenvalue weighted by Gasteiger charge is -2.22. The third-order valence-electron chi connectivity index (χ3n) is 5.51. The highest BCUT2D eigenvalue weighted by atomic mass is 16.4. The summed E-state index contributed by atoms with van der Waals surface area (Å²) in [6.45, 7) is 6.27. The Morgan fingerprint density at radius 2 is 1.96 bits per heavy atom. The average Bonchev–Trinajstić information content (AvgIpc) is 2.86. The molecule has 0 aromatic heterocycles. The number of unbranched alkanes of at least 4 members (excludes halogenated alkanes) is 5. The van der Waals surface area contributed by atoms with E-state index in [0.29, 0.717) is 11.7 Å². The number of ketones is 1. The molecule has 144 valence electrons. The van der Waals surface area contributed by atoms with Crippen LogP contribution in [-0.4, -0.2) is 16.9 Å². The van der Waals surface area contributed by atoms with Gasteiger partial charge in [0.05, 0.1) is 6.42 Å². The lowest BCUT2D eigenvalue weighted by atomic mass is 9.82. The molecule has 25 heavy (non-hydrogen) atoms. The zero-order chi connectivity index (χ0) is 18.7. The number of Topliss-reactive ketones (excluding diaryl/α,β-unsaturated/α-hetero) is 1. The average molecular weight is 351 g/mol. The van der Waals surface area contributed by atoms with Crippen LogP contribution in [0, 0.1) is 17.3 Å². The Balaban J connectivity index is 2.31. The fourth-order valence-electron chi connectivity index (χ4n) is 3.97. The Bertz CT molecular complexity index is 437. The lowest BCUT2D eigenvalue weighted by Crippen LogP contribution is -2.17. The second-order valence-corrected chi connectivity index (χ2v) is 8.53. The topological polar surface area (TPSA) is 54.4 Å². The van der Waals surface area contributed by atoms with Gasteiger partial charge in [-0.05, 0) is 43.4 Å². The van der Waals surface area contributed by atoms with Gasteiger partial charge in [0.1, 0.15) is 5.78 Å². The van der Waals surface area contributed by atoms with E-state index in [1.54, 1.807) is 0 Å². The van der Waals surface area contributed by atoms with E-state index >= 15 is 0 Å². The Morgan fingerprint density at radius 3 is 2.64 bits per heavy atom. The predicted octanol–water partition coefficient (Wildman–Crippen LogP) is 6.17. The first kappa shape index (κ1) is 21.9. The zero-order valence-corrected chi connectivity index (χ0v) is 16.6. The molecule has 1 aliphatic carbocycles. The Morgan fingerprint density at radius 1 is 1.20 bits per heavy atom. The molecule has 0 spiro atoms. The van der Waals surface area contributed by atoms with Gasteiger partial charge in [0.25, 0.3) is 0 Å². The molecule has 0 aliphatic heterocycles. The first-order valence-electron chi connectivity index (χ1n) is 10.3. The minimum absolute atomic E-state index is 0.149. The summed E-state index contributed by atoms with van der Waals surface area (Å²) < 4.78 is 0. The van der Waals surface area contributed by atoms with E-state index in [4.69, 9.17) is 5.11 Å². The van der Waals surface area contributed by atoms with Crippen LogP contribution in [0.4, 0.5) is 0 Å². The van der Waals surface area contributed by atoms with Crippen molar-refractivity contribution in [2.75, 3.05) is 0 Å². The van der Waals surface area contributed by atoms with Crippen molar-refractivity contribution in [1.82, 2.24) is 0 Å². The first-order chi connectivity index (χ1) is 11.9. The van der Waals surface area contributed by atoms with Gasteiger partial charge in [0.2, 0.25) is 0 Å². The lowest BCUT2D eigenvalue weighted by molar-refractivity contribution is -0.139. The van der Waals surface area contributed by atoms with Crippen molar-refractivity contribution in [3.63, 3.8) is 0 Å². The molecular weight excluding hydrogens is 312 g/mol. The molecule has 1 N–H and O–H groups in total. The summed E-state index contributed by atoms with van der Waals surface area (Å²) in [6.07, 6.45) is 16.8. The molecule has 0 aromatic rings. The molecule has 3 heteroatoms. The molecule has 2 atom stereocenters. The van der Waals surface area contributed by atoms with Crippen LogP contribution >= 0.6 is 0 Å². The summed E-state index contributed by atoms with van der Waals surface area (Å²) >= 11 is 0. The van der Waals surface area contributed by atoms with Crippen molar-refractivity contribution in [3.05, 3.63) is 12.2 Å². The largest absolute Gasteiger partial charge is 0.481 e. The van der Waals surface area contributed by atoms with Gasteiger partial charge >= 0.3 is 5.97 Å². The second-order valence-electron chi connectivity index (χ2n) is 8.53. The molecule has 1 aliphatic rings. The van der Waals surface area contributed by atoms with Gasteiger partial charge in [-0.15, -0.1) is 0 Å². The van der Waals surface area contributed by atoms with Crippen molar-refractivity contribution in [3.8, 4) is 0 Å². The monoisotopic (exact) mass is 350 g/mol. The van der Waals surface area contributed by atoms with Crippen molar-refractivity contribution in [1.29, 1.82) is 0 Å². The number of allylic oxidation sites excluding steroid dienone is 2. The van der Waals surface area contributed by atoms with E-state index in [1.165, 1.54) is 25.7 Å². The van der Waals surface area contributed by atoms with E-state index in [-0.39, 0.29) is 17.8 Å². The van der Waals surface area contributed by atoms with Crippen molar-refractivity contribution < 1.29 is 14.7 Å². The minimum Gasteiger partial charge on any atom is -0.481 e. The molecule has 0 radical (unpaired) electrons.